The SMILES string of the molecule is O[C@H]1CCCN(Cc2nc(-c3cccnc3OC3CCCCC3)no2)C1. The second kappa shape index (κ2) is 8.14. The average Bonchev–Trinajstić information content (AvgIpc) is 3.11. The Hall–Kier alpha value is -1.99. The van der Waals surface area contributed by atoms with Crippen molar-refractivity contribution < 1.29 is 14.4 Å². The Labute approximate surface area is 153 Å². The summed E-state index contributed by atoms with van der Waals surface area (Å²) in [5.74, 6) is 1.65. The third-order valence-electron chi connectivity index (χ3n) is 5.15. The van der Waals surface area contributed by atoms with E-state index in [4.69, 9.17) is 9.26 Å². The molecule has 1 saturated heterocycles. The highest BCUT2D eigenvalue weighted by atomic mass is 16.5. The van der Waals surface area contributed by atoms with Gasteiger partial charge in [-0.2, -0.15) is 4.98 Å². The summed E-state index contributed by atoms with van der Waals surface area (Å²) in [6.45, 7) is 2.15. The van der Waals surface area contributed by atoms with Crippen LogP contribution in [0, 0.1) is 0 Å². The first-order valence-electron chi connectivity index (χ1n) is 9.63. The van der Waals surface area contributed by atoms with E-state index in [1.54, 1.807) is 6.20 Å². The molecule has 2 aliphatic rings. The fourth-order valence-corrected chi connectivity index (χ4v) is 3.79. The highest BCUT2D eigenvalue weighted by Crippen LogP contribution is 2.29. The van der Waals surface area contributed by atoms with Crippen LogP contribution < -0.4 is 4.74 Å². The van der Waals surface area contributed by atoms with Crippen LogP contribution in [-0.2, 0) is 6.54 Å². The van der Waals surface area contributed by atoms with E-state index in [9.17, 15) is 5.11 Å². The van der Waals surface area contributed by atoms with Gasteiger partial charge in [-0.3, -0.25) is 4.90 Å². The average molecular weight is 358 g/mol. The first-order chi connectivity index (χ1) is 12.8. The largest absolute Gasteiger partial charge is 0.474 e. The molecule has 2 aromatic heterocycles. The van der Waals surface area contributed by atoms with Gasteiger partial charge in [0.25, 0.3) is 0 Å². The van der Waals surface area contributed by atoms with E-state index >= 15 is 0 Å². The van der Waals surface area contributed by atoms with Gasteiger partial charge in [-0.05, 0) is 57.2 Å². The monoisotopic (exact) mass is 358 g/mol. The maximum Gasteiger partial charge on any atom is 0.241 e. The lowest BCUT2D eigenvalue weighted by molar-refractivity contribution is 0.0613. The first-order valence-corrected chi connectivity index (χ1v) is 9.63. The number of pyridine rings is 1. The lowest BCUT2D eigenvalue weighted by atomic mass is 9.98. The molecule has 7 nitrogen and oxygen atoms in total. The topological polar surface area (TPSA) is 84.5 Å². The van der Waals surface area contributed by atoms with Crippen molar-refractivity contribution in [2.45, 2.75) is 63.7 Å². The zero-order valence-electron chi connectivity index (χ0n) is 15.0. The van der Waals surface area contributed by atoms with Gasteiger partial charge in [-0.15, -0.1) is 0 Å². The number of aromatic nitrogens is 3. The van der Waals surface area contributed by atoms with Crippen molar-refractivity contribution in [3.63, 3.8) is 0 Å². The Morgan fingerprint density at radius 3 is 2.92 bits per heavy atom. The molecule has 140 valence electrons. The predicted molar refractivity (Wildman–Crippen MR) is 95.5 cm³/mol. The summed E-state index contributed by atoms with van der Waals surface area (Å²) in [6, 6.07) is 3.78. The van der Waals surface area contributed by atoms with Crippen LogP contribution in [0.1, 0.15) is 50.8 Å². The number of β-amino-alcohol motifs (C(OH)–C–C–N with tert-alkyl or cyclic N) is 1. The van der Waals surface area contributed by atoms with E-state index in [1.807, 2.05) is 12.1 Å². The van der Waals surface area contributed by atoms with Crippen molar-refractivity contribution in [3.05, 3.63) is 24.2 Å². The number of aliphatic hydroxyl groups excluding tert-OH is 1. The first kappa shape index (κ1) is 17.4. The minimum atomic E-state index is -0.264. The molecule has 4 rings (SSSR count). The van der Waals surface area contributed by atoms with Crippen LogP contribution in [0.15, 0.2) is 22.9 Å². The summed E-state index contributed by atoms with van der Waals surface area (Å²) in [6.07, 6.45) is 9.40. The molecule has 7 heteroatoms. The Balaban J connectivity index is 1.46. The third-order valence-corrected chi connectivity index (χ3v) is 5.15. The van der Waals surface area contributed by atoms with E-state index in [1.165, 1.54) is 19.3 Å². The maximum absolute atomic E-state index is 9.80. The number of hydrogen-bond acceptors (Lipinski definition) is 7. The molecule has 0 spiro atoms. The van der Waals surface area contributed by atoms with Gasteiger partial charge in [-0.25, -0.2) is 4.98 Å². The van der Waals surface area contributed by atoms with Gasteiger partial charge in [0.1, 0.15) is 6.10 Å². The van der Waals surface area contributed by atoms with Crippen LogP contribution in [0.3, 0.4) is 0 Å². The predicted octanol–water partition coefficient (Wildman–Crippen LogP) is 2.80. The molecule has 2 fully saturated rings. The lowest BCUT2D eigenvalue weighted by Crippen LogP contribution is -2.37. The summed E-state index contributed by atoms with van der Waals surface area (Å²) in [7, 11) is 0. The van der Waals surface area contributed by atoms with Gasteiger partial charge in [0.05, 0.1) is 18.2 Å². The van der Waals surface area contributed by atoms with Crippen molar-refractivity contribution in [2.24, 2.45) is 0 Å². The number of ether oxygens (including phenoxy) is 1. The van der Waals surface area contributed by atoms with Gasteiger partial charge >= 0.3 is 0 Å². The molecule has 2 aromatic rings. The van der Waals surface area contributed by atoms with E-state index < -0.39 is 0 Å². The van der Waals surface area contributed by atoms with Crippen LogP contribution in [0.2, 0.25) is 0 Å². The van der Waals surface area contributed by atoms with Gasteiger partial charge in [0.15, 0.2) is 0 Å². The van der Waals surface area contributed by atoms with Crippen LogP contribution in [0.4, 0.5) is 0 Å². The van der Waals surface area contributed by atoms with Crippen LogP contribution in [-0.4, -0.2) is 50.4 Å². The highest BCUT2D eigenvalue weighted by molar-refractivity contribution is 5.60. The van der Waals surface area contributed by atoms with Crippen molar-refractivity contribution in [1.82, 2.24) is 20.0 Å². The number of aliphatic hydroxyl groups is 1. The van der Waals surface area contributed by atoms with Gasteiger partial charge < -0.3 is 14.4 Å². The quantitative estimate of drug-likeness (QED) is 0.879. The summed E-state index contributed by atoms with van der Waals surface area (Å²) in [4.78, 5) is 11.1. The molecule has 0 aromatic carbocycles. The molecule has 1 atom stereocenters. The third kappa shape index (κ3) is 4.22. The molecule has 1 aliphatic heterocycles. The highest BCUT2D eigenvalue weighted by Gasteiger charge is 2.22. The molecule has 0 bridgehead atoms. The van der Waals surface area contributed by atoms with Gasteiger partial charge in [-0.1, -0.05) is 11.6 Å². The van der Waals surface area contributed by atoms with Crippen LogP contribution in [0.5, 0.6) is 5.88 Å². The van der Waals surface area contributed by atoms with E-state index in [0.29, 0.717) is 30.7 Å². The number of hydrogen-bond donors (Lipinski definition) is 1. The summed E-state index contributed by atoms with van der Waals surface area (Å²) < 4.78 is 11.6. The van der Waals surface area contributed by atoms with Crippen molar-refractivity contribution >= 4 is 0 Å². The minimum absolute atomic E-state index is 0.221. The number of piperidine rings is 1. The fourth-order valence-electron chi connectivity index (χ4n) is 3.79. The number of rotatable bonds is 5. The normalized spacial score (nSPS) is 22.4. The zero-order chi connectivity index (χ0) is 17.8. The smallest absolute Gasteiger partial charge is 0.241 e. The van der Waals surface area contributed by atoms with Gasteiger partial charge in [0.2, 0.25) is 17.6 Å². The second-order valence-electron chi connectivity index (χ2n) is 7.28. The molecule has 1 saturated carbocycles. The molecule has 0 unspecified atom stereocenters. The number of likely N-dealkylation sites (tertiary alicyclic amines) is 1. The molecule has 0 radical (unpaired) electrons. The molecule has 3 heterocycles. The maximum atomic E-state index is 9.80. The standard InChI is InChI=1S/C19H26N4O3/c24-14-6-5-11-23(12-14)13-17-21-18(22-26-17)16-9-4-10-20-19(16)25-15-7-2-1-3-8-15/h4,9-10,14-15,24H,1-3,5-8,11-13H2/t14-/m0/s1. The van der Waals surface area contributed by atoms with Crippen LogP contribution >= 0.6 is 0 Å². The van der Waals surface area contributed by atoms with Gasteiger partial charge in [0, 0.05) is 12.7 Å². The zero-order valence-corrected chi connectivity index (χ0v) is 15.0. The van der Waals surface area contributed by atoms with Crippen molar-refractivity contribution in [3.8, 4) is 17.3 Å². The van der Waals surface area contributed by atoms with Crippen molar-refractivity contribution in [1.29, 1.82) is 0 Å². The second-order valence-corrected chi connectivity index (χ2v) is 7.28. The Kier molecular flexibility index (Phi) is 5.45. The summed E-state index contributed by atoms with van der Waals surface area (Å²) >= 11 is 0. The Morgan fingerprint density at radius 2 is 2.08 bits per heavy atom. The Bertz CT molecular complexity index is 714. The summed E-state index contributed by atoms with van der Waals surface area (Å²) in [5, 5.41) is 13.9. The molecule has 0 amide bonds. The molecule has 26 heavy (non-hydrogen) atoms. The van der Waals surface area contributed by atoms with Crippen molar-refractivity contribution in [2.75, 3.05) is 13.1 Å². The number of nitrogens with zero attached hydrogens (tertiary/aromatic N) is 4. The molecular weight excluding hydrogens is 332 g/mol. The van der Waals surface area contributed by atoms with E-state index in [2.05, 4.69) is 20.0 Å². The minimum Gasteiger partial charge on any atom is -0.474 e. The Morgan fingerprint density at radius 1 is 1.19 bits per heavy atom. The molecule has 1 aliphatic carbocycles. The van der Waals surface area contributed by atoms with E-state index in [-0.39, 0.29) is 12.2 Å². The summed E-state index contributed by atoms with van der Waals surface area (Å²) in [5.41, 5.74) is 0.770. The molecular formula is C19H26N4O3. The fraction of sp³-hybridized carbons (Fsp3) is 0.632. The molecule has 1 N–H and O–H groups in total. The lowest BCUT2D eigenvalue weighted by Gasteiger charge is -2.28. The van der Waals surface area contributed by atoms with Crippen LogP contribution in [0.25, 0.3) is 11.4 Å². The van der Waals surface area contributed by atoms with E-state index in [0.717, 1.165) is 37.8 Å².